The molecule has 2 heterocycles. The Morgan fingerprint density at radius 2 is 1.72 bits per heavy atom. The van der Waals surface area contributed by atoms with Crippen LogP contribution in [0.5, 0.6) is 0 Å². The highest BCUT2D eigenvalue weighted by Gasteiger charge is 2.25. The summed E-state index contributed by atoms with van der Waals surface area (Å²) >= 11 is 0. The standard InChI is InChI=1S/C23H32N4O2/c1-17-15-21(26(4)24-17)23(29)27-13-11-20(12-14-27)16-19-7-5-18(6-8-19)9-10-22(28)25(2)3/h5-8,15,20H,9-14,16H2,1-4H3. The second kappa shape index (κ2) is 9.25. The minimum Gasteiger partial charge on any atom is -0.349 e. The molecule has 0 atom stereocenters. The lowest BCUT2D eigenvalue weighted by Crippen LogP contribution is -2.39. The van der Waals surface area contributed by atoms with Gasteiger partial charge in [-0.15, -0.1) is 0 Å². The number of carbonyl (C=O) groups is 2. The average Bonchev–Trinajstić information content (AvgIpc) is 3.05. The third-order valence-electron chi connectivity index (χ3n) is 5.80. The minimum absolute atomic E-state index is 0.0863. The van der Waals surface area contributed by atoms with E-state index < -0.39 is 0 Å². The summed E-state index contributed by atoms with van der Waals surface area (Å²) < 4.78 is 1.68. The SMILES string of the molecule is Cc1cc(C(=O)N2CCC(Cc3ccc(CCC(=O)N(C)C)cc3)CC2)n(C)n1. The van der Waals surface area contributed by atoms with Crippen LogP contribution in [-0.2, 0) is 24.7 Å². The molecule has 156 valence electrons. The van der Waals surface area contributed by atoms with Crippen molar-refractivity contribution in [2.45, 2.75) is 39.0 Å². The Morgan fingerprint density at radius 3 is 2.28 bits per heavy atom. The summed E-state index contributed by atoms with van der Waals surface area (Å²) in [6.07, 6.45) is 4.44. The Labute approximate surface area is 173 Å². The number of piperidine rings is 1. The quantitative estimate of drug-likeness (QED) is 0.754. The minimum atomic E-state index is 0.0863. The first-order valence-electron chi connectivity index (χ1n) is 10.4. The van der Waals surface area contributed by atoms with E-state index in [4.69, 9.17) is 0 Å². The Morgan fingerprint density at radius 1 is 1.10 bits per heavy atom. The molecule has 0 N–H and O–H groups in total. The van der Waals surface area contributed by atoms with E-state index in [1.54, 1.807) is 23.7 Å². The third kappa shape index (κ3) is 5.46. The molecule has 1 fully saturated rings. The molecular formula is C23H32N4O2. The summed E-state index contributed by atoms with van der Waals surface area (Å²) in [4.78, 5) is 28.0. The number of rotatable bonds is 6. The zero-order valence-corrected chi connectivity index (χ0v) is 18.0. The Bertz CT molecular complexity index is 846. The van der Waals surface area contributed by atoms with Gasteiger partial charge in [0.05, 0.1) is 5.69 Å². The zero-order valence-electron chi connectivity index (χ0n) is 18.0. The van der Waals surface area contributed by atoms with Crippen LogP contribution >= 0.6 is 0 Å². The summed E-state index contributed by atoms with van der Waals surface area (Å²) in [6, 6.07) is 10.5. The number of nitrogens with zero attached hydrogens (tertiary/aromatic N) is 4. The van der Waals surface area contributed by atoms with Crippen LogP contribution in [0.1, 0.15) is 46.6 Å². The van der Waals surface area contributed by atoms with Crippen LogP contribution in [0.4, 0.5) is 0 Å². The van der Waals surface area contributed by atoms with Crippen LogP contribution in [0.3, 0.4) is 0 Å². The van der Waals surface area contributed by atoms with Crippen LogP contribution in [0.2, 0.25) is 0 Å². The molecule has 1 aromatic heterocycles. The summed E-state index contributed by atoms with van der Waals surface area (Å²) in [5.74, 6) is 0.855. The molecule has 1 saturated heterocycles. The highest BCUT2D eigenvalue weighted by molar-refractivity contribution is 5.92. The van der Waals surface area contributed by atoms with Crippen molar-refractivity contribution in [3.05, 3.63) is 52.8 Å². The molecule has 29 heavy (non-hydrogen) atoms. The van der Waals surface area contributed by atoms with Gasteiger partial charge in [0.25, 0.3) is 5.91 Å². The molecule has 0 bridgehead atoms. The Kier molecular flexibility index (Phi) is 6.72. The Balaban J connectivity index is 1.47. The van der Waals surface area contributed by atoms with Crippen molar-refractivity contribution in [1.29, 1.82) is 0 Å². The van der Waals surface area contributed by atoms with Gasteiger partial charge in [-0.1, -0.05) is 24.3 Å². The highest BCUT2D eigenvalue weighted by atomic mass is 16.2. The maximum Gasteiger partial charge on any atom is 0.272 e. The van der Waals surface area contributed by atoms with Gasteiger partial charge in [-0.05, 0) is 55.7 Å². The lowest BCUT2D eigenvalue weighted by Gasteiger charge is -2.32. The normalized spacial score (nSPS) is 14.8. The predicted octanol–water partition coefficient (Wildman–Crippen LogP) is 2.84. The van der Waals surface area contributed by atoms with Gasteiger partial charge in [0, 0.05) is 40.7 Å². The van der Waals surface area contributed by atoms with Crippen molar-refractivity contribution >= 4 is 11.8 Å². The molecule has 1 aromatic carbocycles. The molecule has 6 heteroatoms. The number of likely N-dealkylation sites (tertiary alicyclic amines) is 1. The topological polar surface area (TPSA) is 58.4 Å². The molecule has 6 nitrogen and oxygen atoms in total. The molecule has 2 amide bonds. The average molecular weight is 397 g/mol. The summed E-state index contributed by atoms with van der Waals surface area (Å²) in [7, 11) is 5.41. The van der Waals surface area contributed by atoms with E-state index in [0.29, 0.717) is 18.0 Å². The summed E-state index contributed by atoms with van der Waals surface area (Å²) in [5.41, 5.74) is 4.08. The summed E-state index contributed by atoms with van der Waals surface area (Å²) in [5, 5.41) is 4.28. The molecule has 0 spiro atoms. The van der Waals surface area contributed by atoms with E-state index in [2.05, 4.69) is 29.4 Å². The number of hydrogen-bond donors (Lipinski definition) is 0. The first-order chi connectivity index (χ1) is 13.8. The lowest BCUT2D eigenvalue weighted by molar-refractivity contribution is -0.128. The van der Waals surface area contributed by atoms with Crippen molar-refractivity contribution in [2.75, 3.05) is 27.2 Å². The smallest absolute Gasteiger partial charge is 0.272 e. The van der Waals surface area contributed by atoms with E-state index in [1.165, 1.54) is 11.1 Å². The van der Waals surface area contributed by atoms with E-state index in [9.17, 15) is 9.59 Å². The van der Waals surface area contributed by atoms with E-state index in [1.807, 2.05) is 24.9 Å². The van der Waals surface area contributed by atoms with Gasteiger partial charge < -0.3 is 9.80 Å². The fourth-order valence-corrected chi connectivity index (χ4v) is 3.96. The lowest BCUT2D eigenvalue weighted by atomic mass is 9.89. The number of hydrogen-bond acceptors (Lipinski definition) is 3. The molecule has 0 saturated carbocycles. The first kappa shape index (κ1) is 21.1. The van der Waals surface area contributed by atoms with Gasteiger partial charge in [-0.3, -0.25) is 14.3 Å². The fraction of sp³-hybridized carbons (Fsp3) is 0.522. The third-order valence-corrected chi connectivity index (χ3v) is 5.80. The van der Waals surface area contributed by atoms with E-state index in [-0.39, 0.29) is 11.8 Å². The number of aryl methyl sites for hydroxylation is 3. The maximum absolute atomic E-state index is 12.7. The van der Waals surface area contributed by atoms with Crippen molar-refractivity contribution in [3.8, 4) is 0 Å². The number of aromatic nitrogens is 2. The largest absolute Gasteiger partial charge is 0.349 e. The van der Waals surface area contributed by atoms with Gasteiger partial charge in [0.1, 0.15) is 5.69 Å². The van der Waals surface area contributed by atoms with Crippen LogP contribution in [0.25, 0.3) is 0 Å². The van der Waals surface area contributed by atoms with Crippen molar-refractivity contribution in [3.63, 3.8) is 0 Å². The molecule has 0 radical (unpaired) electrons. The van der Waals surface area contributed by atoms with Crippen LogP contribution < -0.4 is 0 Å². The van der Waals surface area contributed by atoms with Crippen LogP contribution in [-0.4, -0.2) is 58.6 Å². The van der Waals surface area contributed by atoms with Crippen molar-refractivity contribution in [2.24, 2.45) is 13.0 Å². The number of benzene rings is 1. The van der Waals surface area contributed by atoms with Crippen LogP contribution in [0.15, 0.2) is 30.3 Å². The monoisotopic (exact) mass is 396 g/mol. The highest BCUT2D eigenvalue weighted by Crippen LogP contribution is 2.23. The molecule has 1 aliphatic rings. The van der Waals surface area contributed by atoms with Gasteiger partial charge in [-0.25, -0.2) is 0 Å². The second-order valence-corrected chi connectivity index (χ2v) is 8.34. The first-order valence-corrected chi connectivity index (χ1v) is 10.4. The van der Waals surface area contributed by atoms with E-state index >= 15 is 0 Å². The molecule has 2 aromatic rings. The molecule has 1 aliphatic heterocycles. The van der Waals surface area contributed by atoms with Gasteiger partial charge in [-0.2, -0.15) is 5.10 Å². The molecule has 0 unspecified atom stereocenters. The van der Waals surface area contributed by atoms with Crippen LogP contribution in [0, 0.1) is 12.8 Å². The van der Waals surface area contributed by atoms with Crippen molar-refractivity contribution < 1.29 is 9.59 Å². The number of carbonyl (C=O) groups excluding carboxylic acids is 2. The zero-order chi connectivity index (χ0) is 21.0. The van der Waals surface area contributed by atoms with Gasteiger partial charge in [0.2, 0.25) is 5.91 Å². The Hall–Kier alpha value is -2.63. The molecule has 3 rings (SSSR count). The second-order valence-electron chi connectivity index (χ2n) is 8.34. The van der Waals surface area contributed by atoms with Gasteiger partial charge in [0.15, 0.2) is 0 Å². The molecule has 0 aliphatic carbocycles. The summed E-state index contributed by atoms with van der Waals surface area (Å²) in [6.45, 7) is 3.52. The predicted molar refractivity (Wildman–Crippen MR) is 114 cm³/mol. The van der Waals surface area contributed by atoms with E-state index in [0.717, 1.165) is 44.5 Å². The van der Waals surface area contributed by atoms with Gasteiger partial charge >= 0.3 is 0 Å². The maximum atomic E-state index is 12.7. The fourth-order valence-electron chi connectivity index (χ4n) is 3.96. The molecular weight excluding hydrogens is 364 g/mol. The van der Waals surface area contributed by atoms with Crippen molar-refractivity contribution in [1.82, 2.24) is 19.6 Å². The number of amides is 2.